The van der Waals surface area contributed by atoms with Crippen molar-refractivity contribution in [3.63, 3.8) is 0 Å². The van der Waals surface area contributed by atoms with Crippen LogP contribution in [0.4, 0.5) is 5.69 Å². The molecule has 0 saturated carbocycles. The van der Waals surface area contributed by atoms with Crippen molar-refractivity contribution in [2.75, 3.05) is 24.5 Å². The second kappa shape index (κ2) is 10.7. The van der Waals surface area contributed by atoms with E-state index in [4.69, 9.17) is 23.2 Å². The molecule has 0 heterocycles. The number of nitrogens with zero attached hydrogens (tertiary/aromatic N) is 2. The van der Waals surface area contributed by atoms with Crippen LogP contribution < -0.4 is 15.6 Å². The van der Waals surface area contributed by atoms with Gasteiger partial charge in [-0.2, -0.15) is 5.10 Å². The summed E-state index contributed by atoms with van der Waals surface area (Å²) in [4.78, 5) is 26.1. The Kier molecular flexibility index (Phi) is 8.29. The molecule has 0 atom stereocenters. The lowest BCUT2D eigenvalue weighted by Gasteiger charge is -2.20. The molecular weight excluding hydrogens is 399 g/mol. The molecule has 0 aliphatic rings. The lowest BCUT2D eigenvalue weighted by Crippen LogP contribution is -2.35. The van der Waals surface area contributed by atoms with Crippen LogP contribution in [0.1, 0.15) is 29.8 Å². The maximum Gasteiger partial charge on any atom is 0.259 e. The average Bonchev–Trinajstić information content (AvgIpc) is 2.68. The normalized spacial score (nSPS) is 10.7. The largest absolute Gasteiger partial charge is 0.372 e. The first-order chi connectivity index (χ1) is 13.4. The fourth-order valence-electron chi connectivity index (χ4n) is 2.51. The number of halogens is 2. The van der Waals surface area contributed by atoms with Crippen LogP contribution >= 0.6 is 23.2 Å². The molecule has 0 unspecified atom stereocenters. The lowest BCUT2D eigenvalue weighted by molar-refractivity contribution is -0.120. The van der Waals surface area contributed by atoms with Gasteiger partial charge in [-0.05, 0) is 49.7 Å². The van der Waals surface area contributed by atoms with E-state index in [0.29, 0.717) is 5.02 Å². The molecule has 0 spiro atoms. The van der Waals surface area contributed by atoms with E-state index in [1.807, 2.05) is 24.3 Å². The first-order valence-electron chi connectivity index (χ1n) is 8.84. The number of hydrogen-bond donors (Lipinski definition) is 2. The van der Waals surface area contributed by atoms with Crippen molar-refractivity contribution in [1.82, 2.24) is 10.7 Å². The van der Waals surface area contributed by atoms with Crippen LogP contribution in [0, 0.1) is 0 Å². The van der Waals surface area contributed by atoms with E-state index >= 15 is 0 Å². The van der Waals surface area contributed by atoms with Gasteiger partial charge in [0.15, 0.2) is 0 Å². The van der Waals surface area contributed by atoms with Gasteiger partial charge in [0.2, 0.25) is 0 Å². The molecule has 8 heteroatoms. The highest BCUT2D eigenvalue weighted by Crippen LogP contribution is 2.20. The molecule has 0 fully saturated rings. The van der Waals surface area contributed by atoms with Crippen LogP contribution in [0.3, 0.4) is 0 Å². The highest BCUT2D eigenvalue weighted by molar-refractivity contribution is 6.36. The molecule has 6 nitrogen and oxygen atoms in total. The van der Waals surface area contributed by atoms with Crippen LogP contribution in [0.25, 0.3) is 0 Å². The number of hydrazone groups is 1. The Bertz CT molecular complexity index is 850. The Labute approximate surface area is 174 Å². The molecule has 0 saturated heterocycles. The van der Waals surface area contributed by atoms with Crippen molar-refractivity contribution in [2.24, 2.45) is 5.10 Å². The number of amides is 2. The van der Waals surface area contributed by atoms with Gasteiger partial charge in [-0.15, -0.1) is 0 Å². The molecular formula is C20H22Cl2N4O2. The third-order valence-electron chi connectivity index (χ3n) is 4.01. The van der Waals surface area contributed by atoms with Gasteiger partial charge in [0, 0.05) is 23.8 Å². The van der Waals surface area contributed by atoms with Crippen LogP contribution in [-0.4, -0.2) is 37.7 Å². The number of rotatable bonds is 8. The van der Waals surface area contributed by atoms with E-state index in [1.165, 1.54) is 12.1 Å². The summed E-state index contributed by atoms with van der Waals surface area (Å²) < 4.78 is 0. The van der Waals surface area contributed by atoms with Crippen molar-refractivity contribution in [3.8, 4) is 0 Å². The van der Waals surface area contributed by atoms with Gasteiger partial charge in [-0.1, -0.05) is 35.3 Å². The first-order valence-corrected chi connectivity index (χ1v) is 9.60. The maximum atomic E-state index is 12.1. The molecule has 148 valence electrons. The Hall–Kier alpha value is -2.57. The summed E-state index contributed by atoms with van der Waals surface area (Å²) >= 11 is 11.8. The number of benzene rings is 2. The Morgan fingerprint density at radius 2 is 1.75 bits per heavy atom. The van der Waals surface area contributed by atoms with Gasteiger partial charge in [0.05, 0.1) is 23.3 Å². The minimum Gasteiger partial charge on any atom is -0.372 e. The second-order valence-electron chi connectivity index (χ2n) is 5.86. The van der Waals surface area contributed by atoms with Crippen LogP contribution in [-0.2, 0) is 4.79 Å². The molecule has 2 amide bonds. The summed E-state index contributed by atoms with van der Waals surface area (Å²) in [6.45, 7) is 5.86. The van der Waals surface area contributed by atoms with Crippen LogP contribution in [0.2, 0.25) is 10.0 Å². The quantitative estimate of drug-likeness (QED) is 0.504. The van der Waals surface area contributed by atoms with Crippen LogP contribution in [0.15, 0.2) is 47.6 Å². The topological polar surface area (TPSA) is 73.8 Å². The third-order valence-corrected chi connectivity index (χ3v) is 4.56. The van der Waals surface area contributed by atoms with Crippen molar-refractivity contribution < 1.29 is 9.59 Å². The number of nitrogens with one attached hydrogen (secondary N) is 2. The SMILES string of the molecule is CCN(CC)c1ccc(/C=N\NC(=O)CNC(=O)c2ccc(Cl)cc2Cl)cc1. The third kappa shape index (κ3) is 6.25. The van der Waals surface area contributed by atoms with E-state index in [2.05, 4.69) is 34.6 Å². The highest BCUT2D eigenvalue weighted by Gasteiger charge is 2.11. The highest BCUT2D eigenvalue weighted by atomic mass is 35.5. The van der Waals surface area contributed by atoms with Gasteiger partial charge in [-0.3, -0.25) is 9.59 Å². The summed E-state index contributed by atoms with van der Waals surface area (Å²) in [5.74, 6) is -0.915. The van der Waals surface area contributed by atoms with E-state index in [0.717, 1.165) is 24.3 Å². The zero-order valence-corrected chi connectivity index (χ0v) is 17.2. The minimum absolute atomic E-state index is 0.219. The first kappa shape index (κ1) is 21.7. The van der Waals surface area contributed by atoms with Gasteiger partial charge in [-0.25, -0.2) is 5.43 Å². The van der Waals surface area contributed by atoms with E-state index in [-0.39, 0.29) is 17.1 Å². The molecule has 2 N–H and O–H groups in total. The van der Waals surface area contributed by atoms with Crippen molar-refractivity contribution in [3.05, 3.63) is 63.6 Å². The van der Waals surface area contributed by atoms with Gasteiger partial charge in [0.25, 0.3) is 11.8 Å². The summed E-state index contributed by atoms with van der Waals surface area (Å²) in [5.41, 5.74) is 4.61. The summed E-state index contributed by atoms with van der Waals surface area (Å²) in [6.07, 6.45) is 1.54. The number of hydrogen-bond acceptors (Lipinski definition) is 4. The van der Waals surface area contributed by atoms with Crippen molar-refractivity contribution >= 4 is 46.9 Å². The minimum atomic E-state index is -0.465. The molecule has 2 aromatic rings. The summed E-state index contributed by atoms with van der Waals surface area (Å²) in [6, 6.07) is 12.4. The number of anilines is 1. The second-order valence-corrected chi connectivity index (χ2v) is 6.71. The molecule has 0 aromatic heterocycles. The lowest BCUT2D eigenvalue weighted by atomic mass is 10.2. The zero-order chi connectivity index (χ0) is 20.5. The standard InChI is InChI=1S/C20H22Cl2N4O2/c1-3-26(4-2)16-8-5-14(6-9-16)12-24-25-19(27)13-23-20(28)17-10-7-15(21)11-18(17)22/h5-12H,3-4,13H2,1-2H3,(H,23,28)(H,25,27)/b24-12-. The van der Waals surface area contributed by atoms with E-state index in [9.17, 15) is 9.59 Å². The van der Waals surface area contributed by atoms with Gasteiger partial charge in [0.1, 0.15) is 0 Å². The molecule has 0 bridgehead atoms. The molecule has 2 rings (SSSR count). The average molecular weight is 421 g/mol. The molecule has 2 aromatic carbocycles. The fraction of sp³-hybridized carbons (Fsp3) is 0.250. The van der Waals surface area contributed by atoms with Gasteiger partial charge >= 0.3 is 0 Å². The fourth-order valence-corrected chi connectivity index (χ4v) is 3.00. The smallest absolute Gasteiger partial charge is 0.259 e. The van der Waals surface area contributed by atoms with Crippen LogP contribution in [0.5, 0.6) is 0 Å². The summed E-state index contributed by atoms with van der Waals surface area (Å²) in [5, 5.41) is 7.03. The van der Waals surface area contributed by atoms with Crippen molar-refractivity contribution in [2.45, 2.75) is 13.8 Å². The Balaban J connectivity index is 1.82. The van der Waals surface area contributed by atoms with E-state index in [1.54, 1.807) is 12.3 Å². The monoisotopic (exact) mass is 420 g/mol. The molecule has 0 radical (unpaired) electrons. The number of carbonyl (C=O) groups excluding carboxylic acids is 2. The summed E-state index contributed by atoms with van der Waals surface area (Å²) in [7, 11) is 0. The predicted octanol–water partition coefficient (Wildman–Crippen LogP) is 3.72. The maximum absolute atomic E-state index is 12.1. The molecule has 28 heavy (non-hydrogen) atoms. The number of carbonyl (C=O) groups is 2. The molecule has 0 aliphatic heterocycles. The predicted molar refractivity (Wildman–Crippen MR) is 115 cm³/mol. The zero-order valence-electron chi connectivity index (χ0n) is 15.7. The van der Waals surface area contributed by atoms with E-state index < -0.39 is 11.8 Å². The van der Waals surface area contributed by atoms with Gasteiger partial charge < -0.3 is 10.2 Å². The van der Waals surface area contributed by atoms with Crippen molar-refractivity contribution in [1.29, 1.82) is 0 Å². The molecule has 0 aliphatic carbocycles. The Morgan fingerprint density at radius 1 is 1.07 bits per heavy atom. The Morgan fingerprint density at radius 3 is 2.36 bits per heavy atom.